The van der Waals surface area contributed by atoms with Crippen LogP contribution in [0, 0.1) is 0 Å². The fourth-order valence-corrected chi connectivity index (χ4v) is 4.29. The molecule has 4 aromatic rings. The summed E-state index contributed by atoms with van der Waals surface area (Å²) in [5.74, 6) is -0.0116. The Bertz CT molecular complexity index is 1190. The lowest BCUT2D eigenvalue weighted by molar-refractivity contribution is 0.0747. The molecule has 136 valence electrons. The van der Waals surface area contributed by atoms with Gasteiger partial charge in [-0.15, -0.1) is 11.3 Å². The maximum atomic E-state index is 13.0. The van der Waals surface area contributed by atoms with Gasteiger partial charge in [-0.3, -0.25) is 9.59 Å². The average molecular weight is 379 g/mol. The molecule has 0 atom stereocenters. The van der Waals surface area contributed by atoms with E-state index >= 15 is 0 Å². The van der Waals surface area contributed by atoms with Crippen LogP contribution in [0.5, 0.6) is 0 Å². The lowest BCUT2D eigenvalue weighted by Crippen LogP contribution is -2.48. The molecule has 27 heavy (non-hydrogen) atoms. The normalized spacial score (nSPS) is 15.0. The molecular formula is C19H17N5O2S. The van der Waals surface area contributed by atoms with Gasteiger partial charge in [0.1, 0.15) is 5.65 Å². The number of nitrogens with zero attached hydrogens (tertiary/aromatic N) is 4. The Hall–Kier alpha value is -3.13. The molecule has 0 spiro atoms. The van der Waals surface area contributed by atoms with Crippen LogP contribution in [-0.4, -0.2) is 51.4 Å². The molecule has 1 fully saturated rings. The highest BCUT2D eigenvalue weighted by Crippen LogP contribution is 2.21. The molecule has 0 bridgehead atoms. The topological polar surface area (TPSA) is 73.7 Å². The Morgan fingerprint density at radius 3 is 2.74 bits per heavy atom. The largest absolute Gasteiger partial charge is 0.345 e. The molecule has 4 heterocycles. The first-order valence-corrected chi connectivity index (χ1v) is 9.65. The Balaban J connectivity index is 1.43. The molecule has 0 aliphatic carbocycles. The molecule has 0 radical (unpaired) electrons. The summed E-state index contributed by atoms with van der Waals surface area (Å²) in [7, 11) is 0. The number of aromatic nitrogens is 3. The minimum absolute atomic E-state index is 0.0116. The fraction of sp³-hybridized carbons (Fsp3) is 0.211. The van der Waals surface area contributed by atoms with Crippen LogP contribution in [0.25, 0.3) is 16.6 Å². The summed E-state index contributed by atoms with van der Waals surface area (Å²) in [5, 5.41) is 3.57. The van der Waals surface area contributed by atoms with Gasteiger partial charge in [-0.1, -0.05) is 12.1 Å². The molecule has 0 unspecified atom stereocenters. The van der Waals surface area contributed by atoms with Crippen molar-refractivity contribution in [1.82, 2.24) is 19.3 Å². The summed E-state index contributed by atoms with van der Waals surface area (Å²) in [6.07, 6.45) is 3.61. The number of H-pyrrole nitrogens is 1. The van der Waals surface area contributed by atoms with Crippen molar-refractivity contribution in [2.24, 2.45) is 0 Å². The third-order valence-electron chi connectivity index (χ3n) is 4.97. The first kappa shape index (κ1) is 16.1. The molecule has 1 aromatic carbocycles. The van der Waals surface area contributed by atoms with E-state index in [-0.39, 0.29) is 11.5 Å². The fourth-order valence-electron chi connectivity index (χ4n) is 3.59. The van der Waals surface area contributed by atoms with Gasteiger partial charge in [-0.2, -0.15) is 0 Å². The van der Waals surface area contributed by atoms with Gasteiger partial charge in [0.15, 0.2) is 5.13 Å². The third kappa shape index (κ3) is 2.69. The predicted molar refractivity (Wildman–Crippen MR) is 106 cm³/mol. The maximum Gasteiger partial charge on any atom is 0.258 e. The van der Waals surface area contributed by atoms with E-state index in [9.17, 15) is 9.59 Å². The molecule has 7 nitrogen and oxygen atoms in total. The number of para-hydroxylation sites is 1. The quantitative estimate of drug-likeness (QED) is 0.579. The zero-order valence-electron chi connectivity index (χ0n) is 14.5. The number of benzene rings is 1. The van der Waals surface area contributed by atoms with Crippen molar-refractivity contribution in [2.45, 2.75) is 0 Å². The number of carbonyl (C=O) groups excluding carboxylic acids is 1. The van der Waals surface area contributed by atoms with Gasteiger partial charge in [0.05, 0.1) is 16.5 Å². The van der Waals surface area contributed by atoms with E-state index in [1.165, 1.54) is 0 Å². The molecule has 1 aliphatic rings. The Morgan fingerprint density at radius 2 is 1.96 bits per heavy atom. The number of aromatic amines is 1. The van der Waals surface area contributed by atoms with Gasteiger partial charge in [-0.05, 0) is 18.2 Å². The molecule has 5 rings (SSSR count). The lowest BCUT2D eigenvalue weighted by atomic mass is 10.2. The van der Waals surface area contributed by atoms with Crippen LogP contribution >= 0.6 is 11.3 Å². The predicted octanol–water partition coefficient (Wildman–Crippen LogP) is 2.20. The average Bonchev–Trinajstić information content (AvgIpc) is 3.38. The van der Waals surface area contributed by atoms with Crippen molar-refractivity contribution >= 4 is 38.9 Å². The van der Waals surface area contributed by atoms with E-state index in [0.717, 1.165) is 23.7 Å². The van der Waals surface area contributed by atoms with E-state index in [1.807, 2.05) is 39.1 Å². The molecule has 1 N–H and O–H groups in total. The second-order valence-corrected chi connectivity index (χ2v) is 7.42. The van der Waals surface area contributed by atoms with Crippen molar-refractivity contribution in [3.05, 3.63) is 64.0 Å². The Morgan fingerprint density at radius 1 is 1.15 bits per heavy atom. The van der Waals surface area contributed by atoms with Gasteiger partial charge in [-0.25, -0.2) is 4.98 Å². The number of nitrogens with one attached hydrogen (secondary N) is 1. The van der Waals surface area contributed by atoms with Gasteiger partial charge < -0.3 is 19.2 Å². The number of anilines is 1. The van der Waals surface area contributed by atoms with Crippen molar-refractivity contribution in [1.29, 1.82) is 0 Å². The summed E-state index contributed by atoms with van der Waals surface area (Å²) >= 11 is 1.62. The van der Waals surface area contributed by atoms with Gasteiger partial charge >= 0.3 is 0 Å². The van der Waals surface area contributed by atoms with Crippen LogP contribution in [0.1, 0.15) is 10.4 Å². The van der Waals surface area contributed by atoms with Gasteiger partial charge in [0.25, 0.3) is 11.5 Å². The number of fused-ring (bicyclic) bond motifs is 3. The molecule has 1 aliphatic heterocycles. The Labute approximate surface area is 158 Å². The zero-order valence-corrected chi connectivity index (χ0v) is 15.3. The number of amides is 1. The minimum Gasteiger partial charge on any atom is -0.345 e. The highest BCUT2D eigenvalue weighted by molar-refractivity contribution is 7.13. The SMILES string of the molecule is O=C(c1cc2[nH]c(=O)c3ccccc3n2c1)N1CCN(c2nccs2)CC1. The van der Waals surface area contributed by atoms with Crippen LogP contribution in [-0.2, 0) is 0 Å². The highest BCUT2D eigenvalue weighted by Gasteiger charge is 2.24. The number of rotatable bonds is 2. The summed E-state index contributed by atoms with van der Waals surface area (Å²) < 4.78 is 1.87. The van der Waals surface area contributed by atoms with E-state index in [2.05, 4.69) is 14.9 Å². The van der Waals surface area contributed by atoms with Crippen LogP contribution in [0.15, 0.2) is 52.9 Å². The zero-order chi connectivity index (χ0) is 18.4. The first-order chi connectivity index (χ1) is 13.2. The van der Waals surface area contributed by atoms with Crippen LogP contribution < -0.4 is 10.5 Å². The van der Waals surface area contributed by atoms with Crippen LogP contribution in [0.3, 0.4) is 0 Å². The number of piperazine rings is 1. The number of thiazole rings is 1. The standard InChI is InChI=1S/C19H17N5O2S/c25-17-14-3-1-2-4-15(14)24-12-13(11-16(24)21-17)18(26)22-6-8-23(9-7-22)19-20-5-10-27-19/h1-5,10-12H,6-9H2,(H,21,25). The minimum atomic E-state index is -0.146. The lowest BCUT2D eigenvalue weighted by Gasteiger charge is -2.34. The van der Waals surface area contributed by atoms with E-state index < -0.39 is 0 Å². The molecular weight excluding hydrogens is 362 g/mol. The molecule has 0 saturated carbocycles. The van der Waals surface area contributed by atoms with Crippen molar-refractivity contribution in [3.8, 4) is 0 Å². The maximum absolute atomic E-state index is 13.0. The third-order valence-corrected chi connectivity index (χ3v) is 5.81. The molecule has 1 amide bonds. The monoisotopic (exact) mass is 379 g/mol. The van der Waals surface area contributed by atoms with E-state index in [4.69, 9.17) is 0 Å². The van der Waals surface area contributed by atoms with Crippen molar-refractivity contribution < 1.29 is 4.79 Å². The smallest absolute Gasteiger partial charge is 0.258 e. The van der Waals surface area contributed by atoms with Crippen molar-refractivity contribution in [3.63, 3.8) is 0 Å². The summed E-state index contributed by atoms with van der Waals surface area (Å²) in [6, 6.07) is 9.15. The second kappa shape index (κ2) is 6.24. The second-order valence-electron chi connectivity index (χ2n) is 6.55. The summed E-state index contributed by atoms with van der Waals surface area (Å²) in [5.41, 5.74) is 1.87. The van der Waals surface area contributed by atoms with Gasteiger partial charge in [0, 0.05) is 44.0 Å². The summed E-state index contributed by atoms with van der Waals surface area (Å²) in [4.78, 5) is 36.5. The first-order valence-electron chi connectivity index (χ1n) is 8.77. The number of hydrogen-bond acceptors (Lipinski definition) is 5. The van der Waals surface area contributed by atoms with Crippen LogP contribution in [0.4, 0.5) is 5.13 Å². The highest BCUT2D eigenvalue weighted by atomic mass is 32.1. The van der Waals surface area contributed by atoms with E-state index in [1.54, 1.807) is 29.7 Å². The number of carbonyl (C=O) groups is 1. The summed E-state index contributed by atoms with van der Waals surface area (Å²) in [6.45, 7) is 2.85. The van der Waals surface area contributed by atoms with Crippen LogP contribution in [0.2, 0.25) is 0 Å². The van der Waals surface area contributed by atoms with E-state index in [0.29, 0.717) is 29.7 Å². The molecule has 3 aromatic heterocycles. The Kier molecular flexibility index (Phi) is 3.71. The molecule has 1 saturated heterocycles. The van der Waals surface area contributed by atoms with Crippen molar-refractivity contribution in [2.75, 3.05) is 31.1 Å². The number of hydrogen-bond donors (Lipinski definition) is 1. The molecule has 8 heteroatoms. The van der Waals surface area contributed by atoms with Gasteiger partial charge in [0.2, 0.25) is 0 Å².